The molecule has 4 aliphatic heterocycles. The summed E-state index contributed by atoms with van der Waals surface area (Å²) in [6, 6.07) is 35.0. The summed E-state index contributed by atoms with van der Waals surface area (Å²) in [5, 5.41) is 19.0. The SMILES string of the molecule is C=C(C)c1cc2cc(Nc3nc(N4CCC(C)CC4)ncc3Cl)ccc2n(C)c1=O.C=C(C)c1cc2cc(Nc3nc(N4CCC(CC)CC4)ncc3Cl)ccc2n(C)c1=O.CC1CCN(c2ncc(Cl)c(Nc3ccc4c(c3)cc(-c3ccn(C)c3)c(=O)n4C)n2)CC1.CCC1CCN(c2ncc(Cl)c(Nc3ccc4c(c3)cc(-c3ccn(C)c3)c(=O)n4C)n2)CC1. The van der Waals surface area contributed by atoms with Crippen LogP contribution >= 0.6 is 46.4 Å². The molecule has 4 saturated heterocycles. The molecule has 0 unspecified atom stereocenters. The van der Waals surface area contributed by atoms with Gasteiger partial charge in [-0.2, -0.15) is 19.9 Å². The van der Waals surface area contributed by atoms with Crippen LogP contribution in [-0.2, 0) is 42.3 Å². The van der Waals surface area contributed by atoms with Crippen molar-refractivity contribution in [3.05, 3.63) is 245 Å². The molecule has 0 bridgehead atoms. The van der Waals surface area contributed by atoms with Crippen molar-refractivity contribution in [1.82, 2.24) is 67.3 Å². The molecule has 14 aromatic rings. The van der Waals surface area contributed by atoms with E-state index in [4.69, 9.17) is 61.4 Å². The number of rotatable bonds is 18. The Labute approximate surface area is 765 Å². The molecule has 664 valence electrons. The lowest BCUT2D eigenvalue weighted by Crippen LogP contribution is -2.34. The summed E-state index contributed by atoms with van der Waals surface area (Å²) >= 11 is 25.6. The number of pyridine rings is 4. The third kappa shape index (κ3) is 20.4. The Morgan fingerprint density at radius 1 is 0.367 bits per heavy atom. The predicted molar refractivity (Wildman–Crippen MR) is 528 cm³/mol. The molecule has 0 spiro atoms. The van der Waals surface area contributed by atoms with Crippen molar-refractivity contribution in [3.8, 4) is 22.3 Å². The second kappa shape index (κ2) is 39.5. The quantitative estimate of drug-likeness (QED) is 0.0622. The number of benzene rings is 4. The number of aryl methyl sites for hydroxylation is 6. The molecule has 4 aromatic carbocycles. The van der Waals surface area contributed by atoms with Gasteiger partial charge in [0.15, 0.2) is 23.3 Å². The molecule has 0 radical (unpaired) electrons. The van der Waals surface area contributed by atoms with E-state index in [1.54, 1.807) is 71.2 Å². The van der Waals surface area contributed by atoms with Gasteiger partial charge in [0.2, 0.25) is 23.8 Å². The Bertz CT molecular complexity index is 6760. The Balaban J connectivity index is 0.000000131. The zero-order valence-corrected chi connectivity index (χ0v) is 77.7. The van der Waals surface area contributed by atoms with E-state index < -0.39 is 0 Å². The maximum atomic E-state index is 12.9. The molecule has 0 amide bonds. The van der Waals surface area contributed by atoms with E-state index in [9.17, 15) is 19.2 Å². The first kappa shape index (κ1) is 90.4. The monoisotopic (exact) mass is 1800 g/mol. The first-order valence-corrected chi connectivity index (χ1v) is 45.3. The van der Waals surface area contributed by atoms with Crippen LogP contribution < -0.4 is 63.1 Å². The molecule has 14 heterocycles. The van der Waals surface area contributed by atoms with Gasteiger partial charge in [0.25, 0.3) is 22.2 Å². The molecule has 4 fully saturated rings. The number of anilines is 12. The lowest BCUT2D eigenvalue weighted by atomic mass is 9.95. The zero-order valence-electron chi connectivity index (χ0n) is 74.7. The molecular formula is C98H110Cl4N22O4. The minimum atomic E-state index is -0.0463. The number of fused-ring (bicyclic) bond motifs is 4. The highest BCUT2D eigenvalue weighted by Crippen LogP contribution is 2.37. The van der Waals surface area contributed by atoms with Gasteiger partial charge < -0.3 is 68.3 Å². The van der Waals surface area contributed by atoms with E-state index in [1.807, 2.05) is 171 Å². The Kier molecular flexibility index (Phi) is 27.9. The van der Waals surface area contributed by atoms with Gasteiger partial charge in [-0.25, -0.2) is 19.9 Å². The van der Waals surface area contributed by atoms with Crippen molar-refractivity contribution in [2.75, 3.05) is 93.2 Å². The highest BCUT2D eigenvalue weighted by Gasteiger charge is 2.27. The number of hydrogen-bond donors (Lipinski definition) is 4. The van der Waals surface area contributed by atoms with Crippen LogP contribution in [0, 0.1) is 23.7 Å². The molecule has 128 heavy (non-hydrogen) atoms. The fourth-order valence-electron chi connectivity index (χ4n) is 17.0. The number of hydrogen-bond acceptors (Lipinski definition) is 20. The van der Waals surface area contributed by atoms with Crippen LogP contribution in [0.1, 0.15) is 117 Å². The van der Waals surface area contributed by atoms with Crippen LogP contribution in [0.5, 0.6) is 0 Å². The summed E-state index contributed by atoms with van der Waals surface area (Å²) in [5.74, 6) is 8.16. The molecule has 0 atom stereocenters. The van der Waals surface area contributed by atoms with E-state index in [1.165, 1.54) is 38.5 Å². The van der Waals surface area contributed by atoms with Crippen LogP contribution in [0.2, 0.25) is 20.1 Å². The van der Waals surface area contributed by atoms with Crippen LogP contribution in [-0.4, -0.2) is 120 Å². The predicted octanol–water partition coefficient (Wildman–Crippen LogP) is 20.7. The third-order valence-electron chi connectivity index (χ3n) is 25.2. The van der Waals surface area contributed by atoms with Crippen LogP contribution in [0.25, 0.3) is 77.0 Å². The van der Waals surface area contributed by atoms with Gasteiger partial charge >= 0.3 is 0 Å². The second-order valence-electron chi connectivity index (χ2n) is 34.5. The van der Waals surface area contributed by atoms with Gasteiger partial charge in [0.05, 0.1) is 46.9 Å². The summed E-state index contributed by atoms with van der Waals surface area (Å²) in [7, 11) is 11.1. The number of allylic oxidation sites excluding steroid dienone is 2. The molecule has 4 N–H and O–H groups in total. The summed E-state index contributed by atoms with van der Waals surface area (Å²) in [6.07, 6.45) is 26.1. The number of aromatic nitrogens is 14. The maximum absolute atomic E-state index is 12.9. The van der Waals surface area contributed by atoms with Crippen molar-refractivity contribution in [2.45, 2.75) is 106 Å². The van der Waals surface area contributed by atoms with Crippen LogP contribution in [0.3, 0.4) is 0 Å². The molecule has 18 rings (SSSR count). The van der Waals surface area contributed by atoms with E-state index in [0.29, 0.717) is 89.4 Å². The summed E-state index contributed by atoms with van der Waals surface area (Å²) < 4.78 is 10.6. The first-order chi connectivity index (χ1) is 61.5. The highest BCUT2D eigenvalue weighted by molar-refractivity contribution is 6.34. The second-order valence-corrected chi connectivity index (χ2v) is 36.1. The molecule has 0 saturated carbocycles. The van der Waals surface area contributed by atoms with Gasteiger partial charge in [-0.3, -0.25) is 19.2 Å². The number of halogens is 4. The molecule has 0 aliphatic carbocycles. The van der Waals surface area contributed by atoms with Crippen molar-refractivity contribution in [3.63, 3.8) is 0 Å². The number of nitrogens with zero attached hydrogens (tertiary/aromatic N) is 18. The average Bonchev–Trinajstić information content (AvgIpc) is 1.13. The smallest absolute Gasteiger partial charge is 0.258 e. The fraction of sp³-hybridized carbons (Fsp3) is 0.347. The summed E-state index contributed by atoms with van der Waals surface area (Å²) in [4.78, 5) is 96.4. The Morgan fingerprint density at radius 2 is 0.625 bits per heavy atom. The van der Waals surface area contributed by atoms with Gasteiger partial charge in [-0.05, 0) is 209 Å². The van der Waals surface area contributed by atoms with E-state index >= 15 is 0 Å². The summed E-state index contributed by atoms with van der Waals surface area (Å²) in [5.41, 5.74) is 12.6. The lowest BCUT2D eigenvalue weighted by molar-refractivity contribution is 0.392. The summed E-state index contributed by atoms with van der Waals surface area (Å²) in [6.45, 7) is 28.3. The third-order valence-corrected chi connectivity index (χ3v) is 26.3. The molecule has 4 aliphatic rings. The van der Waals surface area contributed by atoms with E-state index in [2.05, 4.69) is 107 Å². The molecule has 26 nitrogen and oxygen atoms in total. The van der Waals surface area contributed by atoms with E-state index in [0.717, 1.165) is 190 Å². The first-order valence-electron chi connectivity index (χ1n) is 43.8. The molecule has 10 aromatic heterocycles. The minimum absolute atomic E-state index is 0.0188. The van der Waals surface area contributed by atoms with Gasteiger partial charge in [-0.1, -0.05) is 100 Å². The lowest BCUT2D eigenvalue weighted by Gasteiger charge is -2.31. The Morgan fingerprint density at radius 3 is 0.875 bits per heavy atom. The molecular weight excluding hydrogens is 1690 g/mol. The largest absolute Gasteiger partial charge is 0.357 e. The van der Waals surface area contributed by atoms with Crippen LogP contribution in [0.4, 0.5) is 69.8 Å². The Hall–Kier alpha value is -12.4. The average molecular weight is 1800 g/mol. The van der Waals surface area contributed by atoms with Crippen LogP contribution in [0.15, 0.2) is 191 Å². The number of nitrogens with one attached hydrogen (secondary N) is 4. The van der Waals surface area contributed by atoms with Crippen molar-refractivity contribution < 1.29 is 0 Å². The number of piperidine rings is 4. The van der Waals surface area contributed by atoms with Crippen molar-refractivity contribution >= 4 is 171 Å². The topological polar surface area (TPSA) is 262 Å². The van der Waals surface area contributed by atoms with Gasteiger partial charge in [0, 0.05) is 197 Å². The van der Waals surface area contributed by atoms with Gasteiger partial charge in [-0.15, -0.1) is 0 Å². The van der Waals surface area contributed by atoms with Crippen molar-refractivity contribution in [2.24, 2.45) is 66.0 Å². The fourth-order valence-corrected chi connectivity index (χ4v) is 17.6. The zero-order chi connectivity index (χ0) is 90.5. The van der Waals surface area contributed by atoms with Crippen molar-refractivity contribution in [1.29, 1.82) is 0 Å². The molecule has 30 heteroatoms. The highest BCUT2D eigenvalue weighted by atomic mass is 35.5. The normalized spacial score (nSPS) is 14.8. The minimum Gasteiger partial charge on any atom is -0.357 e. The van der Waals surface area contributed by atoms with Gasteiger partial charge in [0.1, 0.15) is 20.1 Å². The standard InChI is InChI=1S/C26H29ClN6O.C25H27ClN6O.C24H28ClN5O.C23H26ClN5O/c1-4-17-7-11-33(12-8-17)26-28-15-22(27)24(30-26)29-20-5-6-23-19(13-20)14-21(25(34)32(23)3)18-9-10-31(2)16-18;1-16-6-10-32(11-7-16)25-27-14-21(26)23(29-25)28-19-4-5-22-18(12-19)13-20(24(33)31(22)3)17-8-9-30(2)15-17;1-5-16-8-10-30(11-9-16)24-26-14-20(25)22(28-24)27-18-6-7-21-17(12-18)13-19(15(2)3)23(31)29(21)4;1-14(2)18-12-16-11-17(5-6-20(16)28(4)22(18)30)26-21-19(24)13-25-23(27-21)29-9-7-15(3)8-10-29/h5-6,9-10,13-17H,4,7-8,11-12H2,1-3H3,(H,28,29,30);4-5,8-9,12-16H,6-7,10-11H2,1-3H3,(H,27,28,29);6-7,12-14,16H,2,5,8-11H2,1,3-4H3,(H,26,27,28);5-6,11-13,15H,1,7-10H2,2-4H3,(H,25,26,27). The maximum Gasteiger partial charge on any atom is 0.258 e. The van der Waals surface area contributed by atoms with E-state index in [-0.39, 0.29) is 22.2 Å².